The molecule has 0 radical (unpaired) electrons. The Bertz CT molecular complexity index is 652. The van der Waals surface area contributed by atoms with Gasteiger partial charge in [-0.05, 0) is 37.5 Å². The van der Waals surface area contributed by atoms with E-state index < -0.39 is 0 Å². The van der Waals surface area contributed by atoms with Crippen LogP contribution in [-0.2, 0) is 12.5 Å². The highest BCUT2D eigenvalue weighted by molar-refractivity contribution is 6.30. The summed E-state index contributed by atoms with van der Waals surface area (Å²) < 4.78 is 1.76. The van der Waals surface area contributed by atoms with Crippen molar-refractivity contribution in [3.05, 3.63) is 52.6 Å². The summed E-state index contributed by atoms with van der Waals surface area (Å²) in [6.45, 7) is 2.50. The van der Waals surface area contributed by atoms with Gasteiger partial charge in [0.05, 0.1) is 12.0 Å². The van der Waals surface area contributed by atoms with Crippen LogP contribution in [0.5, 0.6) is 0 Å². The van der Waals surface area contributed by atoms with Gasteiger partial charge in [0.25, 0.3) is 5.91 Å². The lowest BCUT2D eigenvalue weighted by Gasteiger charge is -2.17. The Labute approximate surface area is 129 Å². The lowest BCUT2D eigenvalue weighted by atomic mass is 9.96. The SMILES string of the molecule is Cc1ncn(C)c1C(=O)NCC1(c2ccc(Cl)cc2)CC1. The fourth-order valence-electron chi connectivity index (χ4n) is 2.73. The Morgan fingerprint density at radius 1 is 1.38 bits per heavy atom. The van der Waals surface area contributed by atoms with Crippen molar-refractivity contribution in [3.63, 3.8) is 0 Å². The second kappa shape index (κ2) is 5.19. The van der Waals surface area contributed by atoms with Crippen LogP contribution in [0.3, 0.4) is 0 Å². The molecule has 0 unspecified atom stereocenters. The summed E-state index contributed by atoms with van der Waals surface area (Å²) in [7, 11) is 1.83. The van der Waals surface area contributed by atoms with Crippen LogP contribution in [0, 0.1) is 6.92 Å². The third-order valence-electron chi connectivity index (χ3n) is 4.23. The Hall–Kier alpha value is -1.81. The van der Waals surface area contributed by atoms with Gasteiger partial charge in [-0.1, -0.05) is 23.7 Å². The average molecular weight is 304 g/mol. The van der Waals surface area contributed by atoms with Gasteiger partial charge in [-0.25, -0.2) is 4.98 Å². The van der Waals surface area contributed by atoms with Gasteiger partial charge in [0, 0.05) is 24.0 Å². The number of amides is 1. The van der Waals surface area contributed by atoms with Gasteiger partial charge >= 0.3 is 0 Å². The van der Waals surface area contributed by atoms with Crippen LogP contribution in [0.15, 0.2) is 30.6 Å². The van der Waals surface area contributed by atoms with Crippen molar-refractivity contribution in [2.24, 2.45) is 7.05 Å². The topological polar surface area (TPSA) is 46.9 Å². The van der Waals surface area contributed by atoms with E-state index in [4.69, 9.17) is 11.6 Å². The molecular weight excluding hydrogens is 286 g/mol. The van der Waals surface area contributed by atoms with E-state index >= 15 is 0 Å². The second-order valence-electron chi connectivity index (χ2n) is 5.76. The maximum atomic E-state index is 12.3. The molecule has 1 saturated carbocycles. The Balaban J connectivity index is 1.70. The van der Waals surface area contributed by atoms with E-state index in [9.17, 15) is 4.79 Å². The monoisotopic (exact) mass is 303 g/mol. The third-order valence-corrected chi connectivity index (χ3v) is 4.48. The van der Waals surface area contributed by atoms with Crippen LogP contribution in [-0.4, -0.2) is 22.0 Å². The minimum Gasteiger partial charge on any atom is -0.350 e. The predicted octanol–water partition coefficient (Wildman–Crippen LogP) is 2.84. The summed E-state index contributed by atoms with van der Waals surface area (Å²) in [6, 6.07) is 7.92. The molecule has 21 heavy (non-hydrogen) atoms. The number of hydrogen-bond donors (Lipinski definition) is 1. The Morgan fingerprint density at radius 2 is 2.05 bits per heavy atom. The number of carbonyl (C=O) groups excluding carboxylic acids is 1. The molecule has 0 aliphatic heterocycles. The molecule has 0 bridgehead atoms. The summed E-state index contributed by atoms with van der Waals surface area (Å²) in [5.41, 5.74) is 2.70. The van der Waals surface area contributed by atoms with Gasteiger partial charge in [-0.15, -0.1) is 0 Å². The number of aromatic nitrogens is 2. The molecular formula is C16H18ClN3O. The van der Waals surface area contributed by atoms with Gasteiger partial charge in [0.2, 0.25) is 0 Å². The van der Waals surface area contributed by atoms with Gasteiger partial charge < -0.3 is 9.88 Å². The first kappa shape index (κ1) is 14.1. The molecule has 1 aromatic carbocycles. The average Bonchev–Trinajstić information content (AvgIpc) is 3.18. The summed E-state index contributed by atoms with van der Waals surface area (Å²) >= 11 is 5.93. The van der Waals surface area contributed by atoms with Crippen LogP contribution in [0.2, 0.25) is 5.02 Å². The number of rotatable bonds is 4. The minimum absolute atomic E-state index is 0.0623. The van der Waals surface area contributed by atoms with Crippen LogP contribution < -0.4 is 5.32 Å². The van der Waals surface area contributed by atoms with Crippen molar-refractivity contribution in [1.82, 2.24) is 14.9 Å². The Kier molecular flexibility index (Phi) is 3.49. The highest BCUT2D eigenvalue weighted by Crippen LogP contribution is 2.47. The van der Waals surface area contributed by atoms with Crippen LogP contribution in [0.1, 0.15) is 34.6 Å². The summed E-state index contributed by atoms with van der Waals surface area (Å²) in [5, 5.41) is 3.79. The van der Waals surface area contributed by atoms with Crippen molar-refractivity contribution < 1.29 is 4.79 Å². The van der Waals surface area contributed by atoms with Crippen molar-refractivity contribution in [1.29, 1.82) is 0 Å². The molecule has 0 spiro atoms. The molecule has 2 aromatic rings. The maximum absolute atomic E-state index is 12.3. The number of imidazole rings is 1. The van der Waals surface area contributed by atoms with E-state index in [1.54, 1.807) is 10.9 Å². The molecule has 1 heterocycles. The molecule has 0 saturated heterocycles. The van der Waals surface area contributed by atoms with Crippen LogP contribution >= 0.6 is 11.6 Å². The zero-order chi connectivity index (χ0) is 15.0. The quantitative estimate of drug-likeness (QED) is 0.944. The number of benzene rings is 1. The molecule has 4 nitrogen and oxygen atoms in total. The minimum atomic E-state index is -0.0623. The molecule has 1 aromatic heterocycles. The van der Waals surface area contributed by atoms with Gasteiger partial charge in [-0.3, -0.25) is 4.79 Å². The molecule has 5 heteroatoms. The number of nitrogens with zero attached hydrogens (tertiary/aromatic N) is 2. The van der Waals surface area contributed by atoms with Crippen molar-refractivity contribution in [2.75, 3.05) is 6.54 Å². The molecule has 0 atom stereocenters. The number of halogens is 1. The highest BCUT2D eigenvalue weighted by Gasteiger charge is 2.44. The normalized spacial score (nSPS) is 15.8. The fourth-order valence-corrected chi connectivity index (χ4v) is 2.85. The first-order valence-electron chi connectivity index (χ1n) is 7.04. The van der Waals surface area contributed by atoms with E-state index in [1.165, 1.54) is 5.56 Å². The summed E-state index contributed by atoms with van der Waals surface area (Å²) in [5.74, 6) is -0.0623. The molecule has 1 aliphatic rings. The van der Waals surface area contributed by atoms with Crippen molar-refractivity contribution >= 4 is 17.5 Å². The number of nitrogens with one attached hydrogen (secondary N) is 1. The van der Waals surface area contributed by atoms with E-state index in [0.29, 0.717) is 12.2 Å². The molecule has 1 aliphatic carbocycles. The zero-order valence-electron chi connectivity index (χ0n) is 12.2. The number of hydrogen-bond acceptors (Lipinski definition) is 2. The van der Waals surface area contributed by atoms with E-state index in [1.807, 2.05) is 26.1 Å². The van der Waals surface area contributed by atoms with Gasteiger partial charge in [0.1, 0.15) is 5.69 Å². The molecule has 3 rings (SSSR count). The van der Waals surface area contributed by atoms with Crippen molar-refractivity contribution in [3.8, 4) is 0 Å². The predicted molar refractivity (Wildman–Crippen MR) is 82.6 cm³/mol. The number of carbonyl (C=O) groups is 1. The summed E-state index contributed by atoms with van der Waals surface area (Å²) in [6.07, 6.45) is 3.86. The van der Waals surface area contributed by atoms with E-state index in [0.717, 1.165) is 23.6 Å². The lowest BCUT2D eigenvalue weighted by Crippen LogP contribution is -2.33. The third kappa shape index (κ3) is 2.68. The standard InChI is InChI=1S/C16H18ClN3O/c1-11-14(20(2)10-19-11)15(21)18-9-16(7-8-16)12-3-5-13(17)6-4-12/h3-6,10H,7-9H2,1-2H3,(H,18,21). The lowest BCUT2D eigenvalue weighted by molar-refractivity contribution is 0.0941. The molecule has 1 N–H and O–H groups in total. The molecule has 1 fully saturated rings. The zero-order valence-corrected chi connectivity index (χ0v) is 12.9. The van der Waals surface area contributed by atoms with E-state index in [2.05, 4.69) is 22.4 Å². The van der Waals surface area contributed by atoms with Crippen LogP contribution in [0.25, 0.3) is 0 Å². The Morgan fingerprint density at radius 3 is 2.57 bits per heavy atom. The smallest absolute Gasteiger partial charge is 0.269 e. The fraction of sp³-hybridized carbons (Fsp3) is 0.375. The summed E-state index contributed by atoms with van der Waals surface area (Å²) in [4.78, 5) is 16.5. The van der Waals surface area contributed by atoms with Crippen LogP contribution in [0.4, 0.5) is 0 Å². The van der Waals surface area contributed by atoms with Gasteiger partial charge in [0.15, 0.2) is 0 Å². The van der Waals surface area contributed by atoms with Gasteiger partial charge in [-0.2, -0.15) is 0 Å². The molecule has 110 valence electrons. The number of aryl methyl sites for hydroxylation is 2. The van der Waals surface area contributed by atoms with Crippen molar-refractivity contribution in [2.45, 2.75) is 25.2 Å². The second-order valence-corrected chi connectivity index (χ2v) is 6.20. The maximum Gasteiger partial charge on any atom is 0.269 e. The molecule has 1 amide bonds. The first-order chi connectivity index (χ1) is 10.0. The van der Waals surface area contributed by atoms with E-state index in [-0.39, 0.29) is 11.3 Å². The first-order valence-corrected chi connectivity index (χ1v) is 7.42. The largest absolute Gasteiger partial charge is 0.350 e. The highest BCUT2D eigenvalue weighted by atomic mass is 35.5.